The van der Waals surface area contributed by atoms with Gasteiger partial charge in [0.25, 0.3) is 5.91 Å². The van der Waals surface area contributed by atoms with Crippen LogP contribution in [0.1, 0.15) is 36.2 Å². The minimum absolute atomic E-state index is 0.0897. The SMILES string of the molecule is CCCOc1ccc(C(=O)N[C@@H](C)COc2ccccc2C)cc1. The Bertz CT molecular complexity index is 652. The quantitative estimate of drug-likeness (QED) is 0.798. The van der Waals surface area contributed by atoms with Crippen LogP contribution in [0.5, 0.6) is 11.5 Å². The first-order chi connectivity index (χ1) is 11.6. The highest BCUT2D eigenvalue weighted by Crippen LogP contribution is 2.16. The summed E-state index contributed by atoms with van der Waals surface area (Å²) in [5, 5.41) is 2.94. The standard InChI is InChI=1S/C20H25NO3/c1-4-13-23-18-11-9-17(10-12-18)20(22)21-16(3)14-24-19-8-6-5-7-15(19)2/h5-12,16H,4,13-14H2,1-3H3,(H,21,22)/t16-/m0/s1. The molecule has 2 aromatic carbocycles. The Hall–Kier alpha value is -2.49. The Morgan fingerprint density at radius 2 is 1.79 bits per heavy atom. The van der Waals surface area contributed by atoms with Crippen molar-refractivity contribution in [3.8, 4) is 11.5 Å². The maximum Gasteiger partial charge on any atom is 0.251 e. The zero-order chi connectivity index (χ0) is 17.4. The number of rotatable bonds is 8. The number of hydrogen-bond donors (Lipinski definition) is 1. The number of carbonyl (C=O) groups excluding carboxylic acids is 1. The van der Waals surface area contributed by atoms with Gasteiger partial charge >= 0.3 is 0 Å². The first-order valence-corrected chi connectivity index (χ1v) is 8.32. The van der Waals surface area contributed by atoms with Crippen LogP contribution in [0.4, 0.5) is 0 Å². The average molecular weight is 327 g/mol. The van der Waals surface area contributed by atoms with E-state index in [0.717, 1.165) is 23.5 Å². The fourth-order valence-corrected chi connectivity index (χ4v) is 2.20. The van der Waals surface area contributed by atoms with Crippen molar-refractivity contribution in [2.45, 2.75) is 33.2 Å². The molecule has 0 aromatic heterocycles. The minimum Gasteiger partial charge on any atom is -0.494 e. The van der Waals surface area contributed by atoms with Crippen LogP contribution in [-0.2, 0) is 0 Å². The number of para-hydroxylation sites is 1. The van der Waals surface area contributed by atoms with Gasteiger partial charge in [0, 0.05) is 5.56 Å². The van der Waals surface area contributed by atoms with Crippen LogP contribution >= 0.6 is 0 Å². The van der Waals surface area contributed by atoms with E-state index >= 15 is 0 Å². The fourth-order valence-electron chi connectivity index (χ4n) is 2.20. The van der Waals surface area contributed by atoms with E-state index in [9.17, 15) is 4.79 Å². The van der Waals surface area contributed by atoms with Crippen LogP contribution in [0, 0.1) is 6.92 Å². The third-order valence-corrected chi connectivity index (χ3v) is 3.55. The molecular weight excluding hydrogens is 302 g/mol. The van der Waals surface area contributed by atoms with Crippen molar-refractivity contribution in [3.05, 3.63) is 59.7 Å². The van der Waals surface area contributed by atoms with Gasteiger partial charge in [-0.15, -0.1) is 0 Å². The van der Waals surface area contributed by atoms with Crippen LogP contribution in [0.2, 0.25) is 0 Å². The molecule has 0 fully saturated rings. The van der Waals surface area contributed by atoms with Crippen molar-refractivity contribution >= 4 is 5.91 Å². The molecule has 1 N–H and O–H groups in total. The van der Waals surface area contributed by atoms with Crippen LogP contribution < -0.4 is 14.8 Å². The summed E-state index contributed by atoms with van der Waals surface area (Å²) in [5.41, 5.74) is 1.69. The molecule has 24 heavy (non-hydrogen) atoms. The van der Waals surface area contributed by atoms with Crippen LogP contribution in [0.3, 0.4) is 0 Å². The van der Waals surface area contributed by atoms with Gasteiger partial charge in [-0.1, -0.05) is 25.1 Å². The monoisotopic (exact) mass is 327 g/mol. The molecule has 1 atom stereocenters. The number of aryl methyl sites for hydroxylation is 1. The summed E-state index contributed by atoms with van der Waals surface area (Å²) in [6.07, 6.45) is 0.959. The molecule has 0 saturated heterocycles. The summed E-state index contributed by atoms with van der Waals surface area (Å²) in [6.45, 7) is 7.09. The summed E-state index contributed by atoms with van der Waals surface area (Å²) in [5.74, 6) is 1.51. The third-order valence-electron chi connectivity index (χ3n) is 3.55. The first kappa shape index (κ1) is 17.9. The normalized spacial score (nSPS) is 11.6. The zero-order valence-corrected chi connectivity index (χ0v) is 14.5. The lowest BCUT2D eigenvalue weighted by molar-refractivity contribution is 0.0926. The largest absolute Gasteiger partial charge is 0.494 e. The van der Waals surface area contributed by atoms with E-state index in [0.29, 0.717) is 18.8 Å². The van der Waals surface area contributed by atoms with Crippen molar-refractivity contribution in [3.63, 3.8) is 0 Å². The van der Waals surface area contributed by atoms with Crippen LogP contribution in [0.15, 0.2) is 48.5 Å². The van der Waals surface area contributed by atoms with E-state index < -0.39 is 0 Å². The lowest BCUT2D eigenvalue weighted by Crippen LogP contribution is -2.36. The number of ether oxygens (including phenoxy) is 2. The molecule has 0 radical (unpaired) electrons. The molecule has 1 amide bonds. The van der Waals surface area contributed by atoms with Crippen molar-refractivity contribution in [2.24, 2.45) is 0 Å². The van der Waals surface area contributed by atoms with Gasteiger partial charge in [-0.2, -0.15) is 0 Å². The van der Waals surface area contributed by atoms with E-state index in [1.54, 1.807) is 12.1 Å². The molecule has 0 aliphatic carbocycles. The smallest absolute Gasteiger partial charge is 0.251 e. The van der Waals surface area contributed by atoms with Gasteiger partial charge in [-0.05, 0) is 56.2 Å². The number of carbonyl (C=O) groups is 1. The molecule has 0 heterocycles. The van der Waals surface area contributed by atoms with Gasteiger partial charge in [0.05, 0.1) is 12.6 Å². The number of nitrogens with one attached hydrogen (secondary N) is 1. The summed E-state index contributed by atoms with van der Waals surface area (Å²) < 4.78 is 11.3. The number of amides is 1. The van der Waals surface area contributed by atoms with Crippen molar-refractivity contribution in [1.29, 1.82) is 0 Å². The van der Waals surface area contributed by atoms with Crippen molar-refractivity contribution in [2.75, 3.05) is 13.2 Å². The van der Waals surface area contributed by atoms with Gasteiger partial charge in [-0.25, -0.2) is 0 Å². The first-order valence-electron chi connectivity index (χ1n) is 8.32. The highest BCUT2D eigenvalue weighted by atomic mass is 16.5. The van der Waals surface area contributed by atoms with E-state index in [4.69, 9.17) is 9.47 Å². The molecule has 0 unspecified atom stereocenters. The summed E-state index contributed by atoms with van der Waals surface area (Å²) in [7, 11) is 0. The Morgan fingerprint density at radius 3 is 2.46 bits per heavy atom. The fraction of sp³-hybridized carbons (Fsp3) is 0.350. The topological polar surface area (TPSA) is 47.6 Å². The second-order valence-corrected chi connectivity index (χ2v) is 5.82. The Labute approximate surface area is 143 Å². The second-order valence-electron chi connectivity index (χ2n) is 5.82. The maximum absolute atomic E-state index is 12.3. The minimum atomic E-state index is -0.113. The predicted molar refractivity (Wildman–Crippen MR) is 95.8 cm³/mol. The lowest BCUT2D eigenvalue weighted by atomic mass is 10.2. The molecule has 4 heteroatoms. The molecule has 128 valence electrons. The molecule has 2 aromatic rings. The molecule has 0 saturated carbocycles. The highest BCUT2D eigenvalue weighted by Gasteiger charge is 2.11. The Balaban J connectivity index is 1.83. The molecule has 0 spiro atoms. The van der Waals surface area contributed by atoms with Gasteiger partial charge in [0.2, 0.25) is 0 Å². The zero-order valence-electron chi connectivity index (χ0n) is 14.5. The maximum atomic E-state index is 12.3. The van der Waals surface area contributed by atoms with E-state index in [1.165, 1.54) is 0 Å². The average Bonchev–Trinajstić information content (AvgIpc) is 2.59. The molecule has 0 aliphatic rings. The highest BCUT2D eigenvalue weighted by molar-refractivity contribution is 5.94. The second kappa shape index (κ2) is 8.96. The van der Waals surface area contributed by atoms with Gasteiger partial charge in [0.15, 0.2) is 0 Å². The van der Waals surface area contributed by atoms with Gasteiger partial charge in [0.1, 0.15) is 18.1 Å². The van der Waals surface area contributed by atoms with E-state index in [-0.39, 0.29) is 11.9 Å². The Kier molecular flexibility index (Phi) is 6.67. The molecule has 0 aliphatic heterocycles. The number of hydrogen-bond acceptors (Lipinski definition) is 3. The lowest BCUT2D eigenvalue weighted by Gasteiger charge is -2.16. The van der Waals surface area contributed by atoms with E-state index in [1.807, 2.05) is 50.2 Å². The summed E-state index contributed by atoms with van der Waals surface area (Å²) >= 11 is 0. The summed E-state index contributed by atoms with van der Waals surface area (Å²) in [6, 6.07) is 14.9. The molecule has 4 nitrogen and oxygen atoms in total. The third kappa shape index (κ3) is 5.30. The predicted octanol–water partition coefficient (Wildman–Crippen LogP) is 3.98. The van der Waals surface area contributed by atoms with Crippen molar-refractivity contribution < 1.29 is 14.3 Å². The number of benzene rings is 2. The van der Waals surface area contributed by atoms with Crippen LogP contribution in [-0.4, -0.2) is 25.2 Å². The van der Waals surface area contributed by atoms with E-state index in [2.05, 4.69) is 12.2 Å². The summed E-state index contributed by atoms with van der Waals surface area (Å²) in [4.78, 5) is 12.3. The molecule has 2 rings (SSSR count). The van der Waals surface area contributed by atoms with Crippen LogP contribution in [0.25, 0.3) is 0 Å². The molecule has 0 bridgehead atoms. The molecular formula is C20H25NO3. The Morgan fingerprint density at radius 1 is 1.08 bits per heavy atom. The van der Waals surface area contributed by atoms with Gasteiger partial charge in [-0.3, -0.25) is 4.79 Å². The van der Waals surface area contributed by atoms with Gasteiger partial charge < -0.3 is 14.8 Å². The van der Waals surface area contributed by atoms with Crippen molar-refractivity contribution in [1.82, 2.24) is 5.32 Å².